The van der Waals surface area contributed by atoms with E-state index < -0.39 is 37.5 Å². The first-order valence-corrected chi connectivity index (χ1v) is 12.7. The lowest BCUT2D eigenvalue weighted by atomic mass is 9.85. The van der Waals surface area contributed by atoms with Crippen molar-refractivity contribution in [2.24, 2.45) is 11.8 Å². The maximum absolute atomic E-state index is 12.3. The summed E-state index contributed by atoms with van der Waals surface area (Å²) in [6.07, 6.45) is 8.03. The molecular weight excluding hydrogens is 364 g/mol. The van der Waals surface area contributed by atoms with Crippen LogP contribution in [0.4, 0.5) is 0 Å². The first kappa shape index (κ1) is 21.1. The number of hydrogen-bond donors (Lipinski definition) is 0. The van der Waals surface area contributed by atoms with Crippen molar-refractivity contribution in [3.63, 3.8) is 0 Å². The van der Waals surface area contributed by atoms with Crippen LogP contribution in [-0.4, -0.2) is 34.1 Å². The summed E-state index contributed by atoms with van der Waals surface area (Å²) in [6.45, 7) is 4.01. The van der Waals surface area contributed by atoms with Crippen molar-refractivity contribution in [1.29, 1.82) is 0 Å². The van der Waals surface area contributed by atoms with Gasteiger partial charge in [0.2, 0.25) is 5.08 Å². The van der Waals surface area contributed by atoms with E-state index in [2.05, 4.69) is 0 Å². The standard InChI is InChI=1S/C17H32O6S2/c1-3-14-9-5-7-11-16(14)22-24(18,19)13-25(20,21)23-17-12-8-6-10-15(17)4-2/h14-17H,3-13H2,1-2H3. The molecule has 148 valence electrons. The van der Waals surface area contributed by atoms with Gasteiger partial charge in [-0.05, 0) is 37.5 Å². The highest BCUT2D eigenvalue weighted by Crippen LogP contribution is 2.32. The molecule has 0 N–H and O–H groups in total. The first-order chi connectivity index (χ1) is 11.8. The molecule has 25 heavy (non-hydrogen) atoms. The zero-order valence-corrected chi connectivity index (χ0v) is 17.0. The summed E-state index contributed by atoms with van der Waals surface area (Å²) < 4.78 is 59.7. The van der Waals surface area contributed by atoms with Crippen molar-refractivity contribution in [1.82, 2.24) is 0 Å². The van der Waals surface area contributed by atoms with Gasteiger partial charge in [-0.15, -0.1) is 0 Å². The number of hydrogen-bond acceptors (Lipinski definition) is 6. The summed E-state index contributed by atoms with van der Waals surface area (Å²) in [5.41, 5.74) is 0. The van der Waals surface area contributed by atoms with E-state index in [-0.39, 0.29) is 11.8 Å². The second kappa shape index (κ2) is 9.15. The third kappa shape index (κ3) is 6.48. The van der Waals surface area contributed by atoms with Crippen LogP contribution in [0.2, 0.25) is 0 Å². The van der Waals surface area contributed by atoms with E-state index in [4.69, 9.17) is 8.37 Å². The lowest BCUT2D eigenvalue weighted by Crippen LogP contribution is -2.35. The van der Waals surface area contributed by atoms with E-state index in [1.165, 1.54) is 0 Å². The van der Waals surface area contributed by atoms with E-state index in [0.29, 0.717) is 12.8 Å². The van der Waals surface area contributed by atoms with Crippen molar-refractivity contribution in [3.8, 4) is 0 Å². The molecule has 0 aromatic rings. The molecule has 2 rings (SSSR count). The molecule has 4 atom stereocenters. The third-order valence-electron chi connectivity index (χ3n) is 5.56. The minimum absolute atomic E-state index is 0.176. The van der Waals surface area contributed by atoms with Crippen LogP contribution in [0, 0.1) is 11.8 Å². The van der Waals surface area contributed by atoms with Gasteiger partial charge < -0.3 is 0 Å². The normalized spacial score (nSPS) is 31.8. The molecule has 4 unspecified atom stereocenters. The van der Waals surface area contributed by atoms with Crippen LogP contribution in [0.15, 0.2) is 0 Å². The molecule has 0 aromatic heterocycles. The Morgan fingerprint density at radius 3 is 1.40 bits per heavy atom. The van der Waals surface area contributed by atoms with E-state index in [9.17, 15) is 16.8 Å². The van der Waals surface area contributed by atoms with E-state index in [1.807, 2.05) is 13.8 Å². The Morgan fingerprint density at radius 1 is 0.680 bits per heavy atom. The van der Waals surface area contributed by atoms with Crippen molar-refractivity contribution in [3.05, 3.63) is 0 Å². The van der Waals surface area contributed by atoms with Crippen molar-refractivity contribution < 1.29 is 25.2 Å². The lowest BCUT2D eigenvalue weighted by Gasteiger charge is -2.31. The first-order valence-electron chi connectivity index (χ1n) is 9.58. The maximum atomic E-state index is 12.3. The highest BCUT2D eigenvalue weighted by atomic mass is 32.3. The van der Waals surface area contributed by atoms with Gasteiger partial charge in [-0.1, -0.05) is 52.4 Å². The van der Waals surface area contributed by atoms with E-state index >= 15 is 0 Å². The molecule has 0 saturated heterocycles. The molecule has 2 aliphatic carbocycles. The molecule has 6 nitrogen and oxygen atoms in total. The van der Waals surface area contributed by atoms with Crippen LogP contribution in [-0.2, 0) is 28.6 Å². The van der Waals surface area contributed by atoms with Crippen LogP contribution in [0.5, 0.6) is 0 Å². The summed E-state index contributed by atoms with van der Waals surface area (Å²) in [5.74, 6) is 0.352. The largest absolute Gasteiger partial charge is 0.284 e. The average molecular weight is 397 g/mol. The van der Waals surface area contributed by atoms with Gasteiger partial charge in [0.15, 0.2) is 0 Å². The van der Waals surface area contributed by atoms with Gasteiger partial charge in [-0.3, -0.25) is 8.37 Å². The molecule has 2 saturated carbocycles. The molecule has 0 spiro atoms. The van der Waals surface area contributed by atoms with E-state index in [0.717, 1.165) is 51.4 Å². The van der Waals surface area contributed by atoms with Gasteiger partial charge in [0, 0.05) is 0 Å². The molecule has 0 aliphatic heterocycles. The molecule has 0 heterocycles. The fraction of sp³-hybridized carbons (Fsp3) is 1.00. The Kier molecular flexibility index (Phi) is 7.73. The quantitative estimate of drug-likeness (QED) is 0.583. The molecule has 0 radical (unpaired) electrons. The summed E-state index contributed by atoms with van der Waals surface area (Å²) >= 11 is 0. The Labute approximate surface area is 152 Å². The Hall–Kier alpha value is -0.180. The lowest BCUT2D eigenvalue weighted by molar-refractivity contribution is 0.0933. The van der Waals surface area contributed by atoms with Crippen LogP contribution in [0.25, 0.3) is 0 Å². The fourth-order valence-corrected chi connectivity index (χ4v) is 7.26. The molecule has 2 aliphatic rings. The van der Waals surface area contributed by atoms with Gasteiger partial charge in [-0.2, -0.15) is 16.8 Å². The van der Waals surface area contributed by atoms with Gasteiger partial charge in [0.25, 0.3) is 20.2 Å². The minimum atomic E-state index is -4.17. The monoisotopic (exact) mass is 396 g/mol. The van der Waals surface area contributed by atoms with Crippen LogP contribution in [0.1, 0.15) is 78.1 Å². The predicted octanol–water partition coefficient (Wildman–Crippen LogP) is 3.57. The van der Waals surface area contributed by atoms with Crippen molar-refractivity contribution in [2.75, 3.05) is 5.08 Å². The maximum Gasteiger partial charge on any atom is 0.284 e. The number of rotatable bonds is 8. The smallest absolute Gasteiger partial charge is 0.266 e. The summed E-state index contributed by atoms with van der Waals surface area (Å²) in [5, 5.41) is -1.08. The van der Waals surface area contributed by atoms with Crippen LogP contribution in [0.3, 0.4) is 0 Å². The minimum Gasteiger partial charge on any atom is -0.266 e. The highest BCUT2D eigenvalue weighted by Gasteiger charge is 2.35. The van der Waals surface area contributed by atoms with Gasteiger partial charge >= 0.3 is 0 Å². The zero-order valence-electron chi connectivity index (χ0n) is 15.4. The van der Waals surface area contributed by atoms with Crippen molar-refractivity contribution in [2.45, 2.75) is 90.3 Å². The summed E-state index contributed by atoms with van der Waals surface area (Å²) in [4.78, 5) is 0. The topological polar surface area (TPSA) is 86.7 Å². The third-order valence-corrected chi connectivity index (χ3v) is 8.95. The second-order valence-electron chi connectivity index (χ2n) is 7.41. The molecular formula is C17H32O6S2. The molecule has 0 aromatic carbocycles. The second-order valence-corrected chi connectivity index (χ2v) is 11.0. The van der Waals surface area contributed by atoms with Crippen molar-refractivity contribution >= 4 is 20.2 Å². The molecule has 0 amide bonds. The molecule has 2 fully saturated rings. The highest BCUT2D eigenvalue weighted by molar-refractivity contribution is 8.03. The predicted molar refractivity (Wildman–Crippen MR) is 97.0 cm³/mol. The summed E-state index contributed by atoms with van der Waals surface area (Å²) in [7, 11) is -8.34. The summed E-state index contributed by atoms with van der Waals surface area (Å²) in [6, 6.07) is 0. The van der Waals surface area contributed by atoms with Crippen LogP contribution >= 0.6 is 0 Å². The average Bonchev–Trinajstić information content (AvgIpc) is 2.54. The molecule has 8 heteroatoms. The SMILES string of the molecule is CCC1CCCCC1OS(=O)(=O)CS(=O)(=O)OC1CCCCC1CC. The van der Waals surface area contributed by atoms with E-state index in [1.54, 1.807) is 0 Å². The van der Waals surface area contributed by atoms with Gasteiger partial charge in [0.1, 0.15) is 0 Å². The fourth-order valence-electron chi connectivity index (χ4n) is 4.14. The van der Waals surface area contributed by atoms with Crippen LogP contribution < -0.4 is 0 Å². The Morgan fingerprint density at radius 2 is 1.04 bits per heavy atom. The van der Waals surface area contributed by atoms with Gasteiger partial charge in [0.05, 0.1) is 12.2 Å². The zero-order chi connectivity index (χ0) is 18.5. The Bertz CT molecular complexity index is 559. The van der Waals surface area contributed by atoms with Gasteiger partial charge in [-0.25, -0.2) is 0 Å². The Balaban J connectivity index is 1.97. The molecule has 0 bridgehead atoms.